The predicted molar refractivity (Wildman–Crippen MR) is 154 cm³/mol. The first kappa shape index (κ1) is 22.4. The molecule has 0 unspecified atom stereocenters. The number of fused-ring (bicyclic) bond motifs is 2. The molecule has 0 aliphatic heterocycles. The third kappa shape index (κ3) is 3.70. The highest BCUT2D eigenvalue weighted by atomic mass is 32.1. The van der Waals surface area contributed by atoms with Crippen molar-refractivity contribution in [1.82, 2.24) is 9.55 Å². The van der Waals surface area contributed by atoms with Crippen LogP contribution in [0.4, 0.5) is 0 Å². The van der Waals surface area contributed by atoms with Crippen molar-refractivity contribution in [1.29, 1.82) is 0 Å². The highest BCUT2D eigenvalue weighted by molar-refractivity contribution is 7.18. The van der Waals surface area contributed by atoms with Crippen molar-refractivity contribution in [2.24, 2.45) is 7.05 Å². The van der Waals surface area contributed by atoms with Crippen molar-refractivity contribution in [2.75, 3.05) is 0 Å². The molecule has 7 rings (SSSR count). The molecule has 0 spiro atoms. The smallest absolute Gasteiger partial charge is 0.240 e. The largest absolute Gasteiger partial charge is 0.297 e. The molecule has 0 radical (unpaired) electrons. The summed E-state index contributed by atoms with van der Waals surface area (Å²) >= 11 is 1.90. The van der Waals surface area contributed by atoms with E-state index in [1.165, 1.54) is 74.5 Å². The Balaban J connectivity index is 1.46. The summed E-state index contributed by atoms with van der Waals surface area (Å²) in [6, 6.07) is 32.8. The normalized spacial score (nSPS) is 14.2. The Labute approximate surface area is 221 Å². The second-order valence-corrected chi connectivity index (χ2v) is 11.3. The van der Waals surface area contributed by atoms with Crippen molar-refractivity contribution in [3.05, 3.63) is 102 Å². The molecule has 182 valence electrons. The topological polar surface area (TPSA) is 21.7 Å². The number of benzene rings is 4. The molecule has 37 heavy (non-hydrogen) atoms. The summed E-state index contributed by atoms with van der Waals surface area (Å²) in [5.74, 6) is 1.80. The molecule has 4 heteroatoms. The highest BCUT2D eigenvalue weighted by Gasteiger charge is 2.30. The number of para-hydroxylation sites is 2. The molecule has 2 heterocycles. The Morgan fingerprint density at radius 2 is 1.51 bits per heavy atom. The Morgan fingerprint density at radius 3 is 2.30 bits per heavy atom. The van der Waals surface area contributed by atoms with Crippen molar-refractivity contribution >= 4 is 32.6 Å². The number of hydrogen-bond donors (Lipinski definition) is 0. The predicted octanol–water partition coefficient (Wildman–Crippen LogP) is 8.36. The van der Waals surface area contributed by atoms with Gasteiger partial charge in [-0.05, 0) is 66.8 Å². The van der Waals surface area contributed by atoms with Gasteiger partial charge >= 0.3 is 0 Å². The maximum atomic E-state index is 5.32. The van der Waals surface area contributed by atoms with Crippen LogP contribution < -0.4 is 4.57 Å². The number of thiazole rings is 1. The fourth-order valence-corrected chi connectivity index (χ4v) is 7.18. The average molecular weight is 501 g/mol. The Morgan fingerprint density at radius 1 is 0.811 bits per heavy atom. The quantitative estimate of drug-likeness (QED) is 0.223. The van der Waals surface area contributed by atoms with Crippen molar-refractivity contribution in [3.8, 4) is 28.2 Å². The number of hydrogen-bond acceptors (Lipinski definition) is 2. The first-order chi connectivity index (χ1) is 18.2. The molecule has 3 nitrogen and oxygen atoms in total. The minimum Gasteiger partial charge on any atom is -0.240 e. The lowest BCUT2D eigenvalue weighted by Crippen LogP contribution is -2.30. The lowest BCUT2D eigenvalue weighted by atomic mass is 10.0. The summed E-state index contributed by atoms with van der Waals surface area (Å²) in [7, 11) is 2.19. The summed E-state index contributed by atoms with van der Waals surface area (Å²) in [5, 5.41) is 1.32. The molecule has 1 aliphatic rings. The first-order valence-electron chi connectivity index (χ1n) is 13.2. The van der Waals surface area contributed by atoms with Gasteiger partial charge in [-0.1, -0.05) is 73.5 Å². The van der Waals surface area contributed by atoms with Gasteiger partial charge in [0.15, 0.2) is 11.0 Å². The van der Waals surface area contributed by atoms with Crippen LogP contribution in [0.25, 0.3) is 49.5 Å². The maximum Gasteiger partial charge on any atom is 0.297 e. The van der Waals surface area contributed by atoms with E-state index >= 15 is 0 Å². The SMILES string of the molecule is Cc1ccc2sc(C3CCCC3)nc2c1-c1n(-c2ccc(-c3ccccc3)cc2)c2ccccc2[n+]1C. The van der Waals surface area contributed by atoms with Gasteiger partial charge in [0.1, 0.15) is 5.69 Å². The van der Waals surface area contributed by atoms with Crippen molar-refractivity contribution < 1.29 is 4.57 Å². The third-order valence-corrected chi connectivity index (χ3v) is 9.14. The molecule has 6 aromatic rings. The van der Waals surface area contributed by atoms with E-state index in [0.29, 0.717) is 5.92 Å². The number of aryl methyl sites for hydroxylation is 2. The summed E-state index contributed by atoms with van der Waals surface area (Å²) in [4.78, 5) is 5.32. The molecule has 1 saturated carbocycles. The highest BCUT2D eigenvalue weighted by Crippen LogP contribution is 2.41. The monoisotopic (exact) mass is 500 g/mol. The van der Waals surface area contributed by atoms with Crippen LogP contribution in [-0.4, -0.2) is 9.55 Å². The number of imidazole rings is 1. The first-order valence-corrected chi connectivity index (χ1v) is 14.1. The van der Waals surface area contributed by atoms with Crippen LogP contribution in [-0.2, 0) is 7.05 Å². The van der Waals surface area contributed by atoms with Crippen molar-refractivity contribution in [2.45, 2.75) is 38.5 Å². The maximum absolute atomic E-state index is 5.32. The molecular formula is C33H30N3S+. The van der Waals surface area contributed by atoms with Crippen LogP contribution in [0.15, 0.2) is 91.0 Å². The van der Waals surface area contributed by atoms with Crippen LogP contribution in [0.5, 0.6) is 0 Å². The van der Waals surface area contributed by atoms with E-state index in [4.69, 9.17) is 4.98 Å². The van der Waals surface area contributed by atoms with Gasteiger partial charge in [0.05, 0.1) is 27.8 Å². The third-order valence-electron chi connectivity index (χ3n) is 7.96. The molecular weight excluding hydrogens is 470 g/mol. The second-order valence-electron chi connectivity index (χ2n) is 10.3. The summed E-state index contributed by atoms with van der Waals surface area (Å²) in [6.07, 6.45) is 5.20. The lowest BCUT2D eigenvalue weighted by Gasteiger charge is -2.08. The Bertz CT molecular complexity index is 1740. The Kier molecular flexibility index (Phi) is 5.44. The minimum absolute atomic E-state index is 0.621. The van der Waals surface area contributed by atoms with Gasteiger partial charge in [-0.3, -0.25) is 0 Å². The molecule has 0 amide bonds. The second kappa shape index (κ2) is 8.97. The number of aromatic nitrogens is 3. The van der Waals surface area contributed by atoms with E-state index in [2.05, 4.69) is 114 Å². The van der Waals surface area contributed by atoms with Crippen LogP contribution in [0, 0.1) is 6.92 Å². The fourth-order valence-electron chi connectivity index (χ4n) is 6.03. The molecule has 4 aromatic carbocycles. The zero-order chi connectivity index (χ0) is 24.9. The molecule has 1 aliphatic carbocycles. The fraction of sp³-hybridized carbons (Fsp3) is 0.212. The molecule has 0 atom stereocenters. The van der Waals surface area contributed by atoms with Gasteiger partial charge in [-0.25, -0.2) is 9.55 Å². The number of nitrogens with zero attached hydrogens (tertiary/aromatic N) is 3. The average Bonchev–Trinajstić information content (AvgIpc) is 3.68. The van der Waals surface area contributed by atoms with Gasteiger partial charge in [0, 0.05) is 5.92 Å². The molecule has 1 fully saturated rings. The van der Waals surface area contributed by atoms with Gasteiger partial charge in [0.25, 0.3) is 5.82 Å². The minimum atomic E-state index is 0.621. The van der Waals surface area contributed by atoms with E-state index in [0.717, 1.165) is 11.2 Å². The lowest BCUT2D eigenvalue weighted by molar-refractivity contribution is -0.633. The number of rotatable bonds is 4. The Hall–Kier alpha value is -3.76. The molecule has 2 aromatic heterocycles. The molecule has 0 bridgehead atoms. The summed E-state index contributed by atoms with van der Waals surface area (Å²) < 4.78 is 6.05. The van der Waals surface area contributed by atoms with Crippen LogP contribution in [0.2, 0.25) is 0 Å². The van der Waals surface area contributed by atoms with Crippen LogP contribution in [0.1, 0.15) is 42.2 Å². The van der Waals surface area contributed by atoms with E-state index in [-0.39, 0.29) is 0 Å². The van der Waals surface area contributed by atoms with Crippen LogP contribution in [0.3, 0.4) is 0 Å². The zero-order valence-electron chi connectivity index (χ0n) is 21.3. The van der Waals surface area contributed by atoms with Crippen LogP contribution >= 0.6 is 11.3 Å². The molecule has 0 N–H and O–H groups in total. The standard InChI is InChI=1S/C33H30N3S/c1-22-16-21-29-31(34-32(37-29)25-12-6-7-13-25)30(22)33-35(2)27-14-8-9-15-28(27)36(33)26-19-17-24(18-20-26)23-10-4-3-5-11-23/h3-5,8-11,14-21,25H,6-7,12-13H2,1-2H3/q+1. The van der Waals surface area contributed by atoms with Gasteiger partial charge in [0.2, 0.25) is 0 Å². The van der Waals surface area contributed by atoms with Gasteiger partial charge in [-0.15, -0.1) is 11.3 Å². The van der Waals surface area contributed by atoms with E-state index in [9.17, 15) is 0 Å². The van der Waals surface area contributed by atoms with Gasteiger partial charge < -0.3 is 0 Å². The zero-order valence-corrected chi connectivity index (χ0v) is 22.1. The van der Waals surface area contributed by atoms with E-state index < -0.39 is 0 Å². The molecule has 0 saturated heterocycles. The van der Waals surface area contributed by atoms with Crippen molar-refractivity contribution in [3.63, 3.8) is 0 Å². The van der Waals surface area contributed by atoms with E-state index in [1.54, 1.807) is 0 Å². The summed E-state index contributed by atoms with van der Waals surface area (Å²) in [5.41, 5.74) is 9.69. The van der Waals surface area contributed by atoms with Gasteiger partial charge in [-0.2, -0.15) is 4.57 Å². The summed E-state index contributed by atoms with van der Waals surface area (Å²) in [6.45, 7) is 2.23. The van der Waals surface area contributed by atoms with E-state index in [1.807, 2.05) is 11.3 Å².